The summed E-state index contributed by atoms with van der Waals surface area (Å²) < 4.78 is 0. The summed E-state index contributed by atoms with van der Waals surface area (Å²) in [7, 11) is 0. The van der Waals surface area contributed by atoms with Crippen LogP contribution >= 0.6 is 0 Å². The quantitative estimate of drug-likeness (QED) is 0.801. The van der Waals surface area contributed by atoms with Gasteiger partial charge < -0.3 is 11.1 Å². The molecule has 1 aromatic rings. The van der Waals surface area contributed by atoms with E-state index in [9.17, 15) is 0 Å². The molecule has 1 saturated carbocycles. The first-order valence-corrected chi connectivity index (χ1v) is 7.66. The van der Waals surface area contributed by atoms with Crippen LogP contribution in [0, 0.1) is 16.7 Å². The van der Waals surface area contributed by atoms with Crippen molar-refractivity contribution < 1.29 is 0 Å². The molecule has 112 valence electrons. The van der Waals surface area contributed by atoms with E-state index >= 15 is 0 Å². The maximum absolute atomic E-state index is 5.76. The Morgan fingerprint density at radius 1 is 1.05 bits per heavy atom. The molecule has 2 heteroatoms. The summed E-state index contributed by atoms with van der Waals surface area (Å²) in [5, 5.41) is 3.68. The lowest BCUT2D eigenvalue weighted by atomic mass is 9.84. The summed E-state index contributed by atoms with van der Waals surface area (Å²) in [6.07, 6.45) is 0. The lowest BCUT2D eigenvalue weighted by Crippen LogP contribution is -2.34. The van der Waals surface area contributed by atoms with Gasteiger partial charge in [-0.3, -0.25) is 0 Å². The first kappa shape index (κ1) is 15.4. The van der Waals surface area contributed by atoms with Gasteiger partial charge in [-0.05, 0) is 41.0 Å². The zero-order valence-electron chi connectivity index (χ0n) is 13.9. The molecule has 0 heterocycles. The number of nitrogens with one attached hydrogen (secondary N) is 1. The zero-order valence-corrected chi connectivity index (χ0v) is 13.9. The summed E-state index contributed by atoms with van der Waals surface area (Å²) in [6, 6.07) is 8.26. The number of anilines is 1. The fourth-order valence-electron chi connectivity index (χ4n) is 3.41. The molecular formula is C18H30N2. The Morgan fingerprint density at radius 3 is 2.00 bits per heavy atom. The third kappa shape index (κ3) is 2.58. The molecule has 0 aliphatic heterocycles. The fraction of sp³-hybridized carbons (Fsp3) is 0.667. The van der Waals surface area contributed by atoms with Crippen LogP contribution in [0.1, 0.15) is 47.1 Å². The van der Waals surface area contributed by atoms with Gasteiger partial charge in [-0.15, -0.1) is 0 Å². The molecule has 0 amide bonds. The summed E-state index contributed by atoms with van der Waals surface area (Å²) in [5.74, 6) is 0.775. The number of nitrogen functional groups attached to an aromatic ring is 1. The van der Waals surface area contributed by atoms with Crippen molar-refractivity contribution in [2.45, 2.75) is 47.0 Å². The largest absolute Gasteiger partial charge is 0.399 e. The van der Waals surface area contributed by atoms with Crippen LogP contribution in [0.2, 0.25) is 0 Å². The highest BCUT2D eigenvalue weighted by atomic mass is 14.9. The number of benzene rings is 1. The van der Waals surface area contributed by atoms with Crippen molar-refractivity contribution in [3.05, 3.63) is 29.8 Å². The first-order valence-electron chi connectivity index (χ1n) is 7.66. The lowest BCUT2D eigenvalue weighted by molar-refractivity contribution is 0.441. The third-order valence-electron chi connectivity index (χ3n) is 5.93. The Kier molecular flexibility index (Phi) is 3.66. The van der Waals surface area contributed by atoms with Crippen molar-refractivity contribution in [1.82, 2.24) is 5.32 Å². The molecule has 0 aromatic heterocycles. The smallest absolute Gasteiger partial charge is 0.0314 e. The van der Waals surface area contributed by atoms with Gasteiger partial charge in [-0.25, -0.2) is 0 Å². The zero-order chi connectivity index (χ0) is 15.2. The topological polar surface area (TPSA) is 38.0 Å². The molecule has 1 fully saturated rings. The average Bonchev–Trinajstić information content (AvgIpc) is 2.72. The third-order valence-corrected chi connectivity index (χ3v) is 5.93. The molecule has 1 aromatic carbocycles. The molecule has 2 nitrogen and oxygen atoms in total. The van der Waals surface area contributed by atoms with E-state index in [0.29, 0.717) is 10.8 Å². The second kappa shape index (κ2) is 4.77. The van der Waals surface area contributed by atoms with Gasteiger partial charge in [-0.1, -0.05) is 53.7 Å². The molecule has 0 spiro atoms. The van der Waals surface area contributed by atoms with Gasteiger partial charge in [0.05, 0.1) is 0 Å². The Hall–Kier alpha value is -1.02. The molecule has 1 aliphatic rings. The van der Waals surface area contributed by atoms with E-state index in [2.05, 4.69) is 59.0 Å². The Balaban J connectivity index is 1.89. The van der Waals surface area contributed by atoms with Crippen molar-refractivity contribution >= 4 is 5.69 Å². The van der Waals surface area contributed by atoms with Gasteiger partial charge in [0.1, 0.15) is 0 Å². The number of hydrogen-bond donors (Lipinski definition) is 2. The van der Waals surface area contributed by atoms with Crippen molar-refractivity contribution in [2.24, 2.45) is 16.7 Å². The van der Waals surface area contributed by atoms with Crippen LogP contribution in [-0.4, -0.2) is 13.1 Å². The van der Waals surface area contributed by atoms with Gasteiger partial charge in [0, 0.05) is 17.6 Å². The van der Waals surface area contributed by atoms with Crippen LogP contribution in [0.25, 0.3) is 0 Å². The molecular weight excluding hydrogens is 244 g/mol. The van der Waals surface area contributed by atoms with E-state index in [1.165, 1.54) is 5.56 Å². The van der Waals surface area contributed by atoms with E-state index in [1.54, 1.807) is 0 Å². The van der Waals surface area contributed by atoms with Crippen LogP contribution in [0.5, 0.6) is 0 Å². The predicted molar refractivity (Wildman–Crippen MR) is 87.8 cm³/mol. The van der Waals surface area contributed by atoms with Crippen molar-refractivity contribution in [1.29, 1.82) is 0 Å². The van der Waals surface area contributed by atoms with Gasteiger partial charge in [0.15, 0.2) is 0 Å². The van der Waals surface area contributed by atoms with Crippen LogP contribution in [0.4, 0.5) is 5.69 Å². The molecule has 20 heavy (non-hydrogen) atoms. The van der Waals surface area contributed by atoms with Gasteiger partial charge >= 0.3 is 0 Å². The maximum Gasteiger partial charge on any atom is 0.0314 e. The highest BCUT2D eigenvalue weighted by molar-refractivity contribution is 5.41. The number of nitrogens with two attached hydrogens (primary N) is 1. The number of hydrogen-bond acceptors (Lipinski definition) is 2. The summed E-state index contributed by atoms with van der Waals surface area (Å²) >= 11 is 0. The second-order valence-electron chi connectivity index (χ2n) is 8.13. The predicted octanol–water partition coefficient (Wildman–Crippen LogP) is 3.82. The van der Waals surface area contributed by atoms with Gasteiger partial charge in [-0.2, -0.15) is 0 Å². The van der Waals surface area contributed by atoms with Crippen LogP contribution in [0.15, 0.2) is 24.3 Å². The molecule has 3 N–H and O–H groups in total. The van der Waals surface area contributed by atoms with Crippen LogP contribution in [-0.2, 0) is 5.41 Å². The van der Waals surface area contributed by atoms with Crippen LogP contribution < -0.4 is 11.1 Å². The Labute approximate surface area is 124 Å². The average molecular weight is 274 g/mol. The Morgan fingerprint density at radius 2 is 1.55 bits per heavy atom. The fourth-order valence-corrected chi connectivity index (χ4v) is 3.41. The highest BCUT2D eigenvalue weighted by Crippen LogP contribution is 2.67. The molecule has 0 radical (unpaired) electrons. The molecule has 1 aliphatic carbocycles. The highest BCUT2D eigenvalue weighted by Gasteiger charge is 2.63. The van der Waals surface area contributed by atoms with Crippen molar-refractivity contribution in [2.75, 3.05) is 18.8 Å². The molecule has 0 saturated heterocycles. The van der Waals surface area contributed by atoms with E-state index in [0.717, 1.165) is 24.7 Å². The molecule has 0 unspecified atom stereocenters. The van der Waals surface area contributed by atoms with E-state index in [-0.39, 0.29) is 5.41 Å². The maximum atomic E-state index is 5.76. The Bertz CT molecular complexity index is 455. The van der Waals surface area contributed by atoms with Crippen LogP contribution in [0.3, 0.4) is 0 Å². The summed E-state index contributed by atoms with van der Waals surface area (Å²) in [5.41, 5.74) is 9.00. The summed E-state index contributed by atoms with van der Waals surface area (Å²) in [4.78, 5) is 0. The molecule has 2 rings (SSSR count). The van der Waals surface area contributed by atoms with E-state index in [4.69, 9.17) is 5.73 Å². The number of rotatable bonds is 5. The first-order chi connectivity index (χ1) is 9.09. The van der Waals surface area contributed by atoms with Gasteiger partial charge in [0.2, 0.25) is 0 Å². The molecule has 0 atom stereocenters. The summed E-state index contributed by atoms with van der Waals surface area (Å²) in [6.45, 7) is 16.2. The minimum atomic E-state index is 0.136. The monoisotopic (exact) mass is 274 g/mol. The van der Waals surface area contributed by atoms with Crippen molar-refractivity contribution in [3.8, 4) is 0 Å². The lowest BCUT2D eigenvalue weighted by Gasteiger charge is -2.26. The minimum absolute atomic E-state index is 0.136. The van der Waals surface area contributed by atoms with Crippen molar-refractivity contribution in [3.63, 3.8) is 0 Å². The molecule has 0 bridgehead atoms. The van der Waals surface area contributed by atoms with E-state index < -0.39 is 0 Å². The second-order valence-corrected chi connectivity index (χ2v) is 8.13. The standard InChI is InChI=1S/C18H30N2/c1-16(2,13-7-9-14(19)10-8-13)12-20-11-15-17(3,4)18(15,5)6/h7-10,15,20H,11-12,19H2,1-6H3. The SMILES string of the molecule is CC(C)(CNCC1C(C)(C)C1(C)C)c1ccc(N)cc1. The van der Waals surface area contributed by atoms with E-state index in [1.807, 2.05) is 12.1 Å². The minimum Gasteiger partial charge on any atom is -0.399 e. The van der Waals surface area contributed by atoms with Gasteiger partial charge in [0.25, 0.3) is 0 Å². The normalized spacial score (nSPS) is 20.9.